The molecule has 194 valence electrons. The molecule has 0 fully saturated rings. The SMILES string of the molecule is N#Cc1ccc(-c2ccc3c(c2)c2c4ccccc4ccc2n3-c2nc3ccccc3c3nc4ccccc4n23)cc1. The first-order valence-corrected chi connectivity index (χ1v) is 13.9. The van der Waals surface area contributed by atoms with E-state index in [0.717, 1.165) is 61.1 Å². The second-order valence-electron chi connectivity index (χ2n) is 10.6. The Morgan fingerprint density at radius 1 is 0.548 bits per heavy atom. The highest BCUT2D eigenvalue weighted by molar-refractivity contribution is 6.22. The zero-order valence-electron chi connectivity index (χ0n) is 22.4. The minimum Gasteiger partial charge on any atom is -0.279 e. The van der Waals surface area contributed by atoms with E-state index in [2.05, 4.69) is 100.0 Å². The monoisotopic (exact) mass is 535 g/mol. The van der Waals surface area contributed by atoms with Crippen molar-refractivity contribution in [3.05, 3.63) is 133 Å². The van der Waals surface area contributed by atoms with Crippen LogP contribution in [-0.2, 0) is 0 Å². The van der Waals surface area contributed by atoms with Crippen molar-refractivity contribution in [3.8, 4) is 23.1 Å². The first kappa shape index (κ1) is 22.8. The normalized spacial score (nSPS) is 11.8. The number of nitrogens with zero attached hydrogens (tertiary/aromatic N) is 5. The first-order chi connectivity index (χ1) is 20.8. The van der Waals surface area contributed by atoms with Crippen molar-refractivity contribution < 1.29 is 0 Å². The summed E-state index contributed by atoms with van der Waals surface area (Å²) in [6, 6.07) is 46.1. The van der Waals surface area contributed by atoms with Gasteiger partial charge in [0.2, 0.25) is 5.95 Å². The van der Waals surface area contributed by atoms with Gasteiger partial charge in [0.25, 0.3) is 0 Å². The molecular formula is C37H21N5. The van der Waals surface area contributed by atoms with Gasteiger partial charge in [-0.2, -0.15) is 5.26 Å². The molecular weight excluding hydrogens is 514 g/mol. The molecule has 5 heteroatoms. The van der Waals surface area contributed by atoms with Crippen LogP contribution in [0.4, 0.5) is 0 Å². The molecule has 0 saturated carbocycles. The van der Waals surface area contributed by atoms with Gasteiger partial charge in [-0.3, -0.25) is 8.97 Å². The van der Waals surface area contributed by atoms with Crippen LogP contribution in [0.1, 0.15) is 5.56 Å². The maximum Gasteiger partial charge on any atom is 0.221 e. The molecule has 9 aromatic rings. The molecule has 3 heterocycles. The summed E-state index contributed by atoms with van der Waals surface area (Å²) in [6.07, 6.45) is 0. The molecule has 0 unspecified atom stereocenters. The van der Waals surface area contributed by atoms with E-state index in [-0.39, 0.29) is 0 Å². The fraction of sp³-hybridized carbons (Fsp3) is 0. The third-order valence-electron chi connectivity index (χ3n) is 8.33. The van der Waals surface area contributed by atoms with Gasteiger partial charge in [-0.15, -0.1) is 0 Å². The fourth-order valence-electron chi connectivity index (χ4n) is 6.40. The van der Waals surface area contributed by atoms with Crippen LogP contribution in [0.15, 0.2) is 127 Å². The van der Waals surface area contributed by atoms with Crippen LogP contribution in [-0.4, -0.2) is 18.9 Å². The molecule has 0 aliphatic carbocycles. The number of para-hydroxylation sites is 3. The second-order valence-corrected chi connectivity index (χ2v) is 10.6. The Kier molecular flexibility index (Phi) is 4.61. The van der Waals surface area contributed by atoms with Gasteiger partial charge in [0.1, 0.15) is 5.65 Å². The summed E-state index contributed by atoms with van der Waals surface area (Å²) < 4.78 is 4.48. The average molecular weight is 536 g/mol. The van der Waals surface area contributed by atoms with Crippen LogP contribution < -0.4 is 0 Å². The number of aromatic nitrogens is 4. The van der Waals surface area contributed by atoms with Gasteiger partial charge in [0, 0.05) is 16.2 Å². The van der Waals surface area contributed by atoms with Crippen molar-refractivity contribution in [2.24, 2.45) is 0 Å². The largest absolute Gasteiger partial charge is 0.279 e. The van der Waals surface area contributed by atoms with Crippen LogP contribution in [0.5, 0.6) is 0 Å². The molecule has 0 amide bonds. The van der Waals surface area contributed by atoms with Gasteiger partial charge >= 0.3 is 0 Å². The molecule has 0 saturated heterocycles. The summed E-state index contributed by atoms with van der Waals surface area (Å²) in [5.74, 6) is 0.804. The molecule has 0 aliphatic rings. The Bertz CT molecular complexity index is 2580. The van der Waals surface area contributed by atoms with Crippen LogP contribution in [0.2, 0.25) is 0 Å². The lowest BCUT2D eigenvalue weighted by Crippen LogP contribution is -2.06. The van der Waals surface area contributed by atoms with E-state index in [4.69, 9.17) is 9.97 Å². The molecule has 0 atom stereocenters. The number of hydrogen-bond acceptors (Lipinski definition) is 3. The van der Waals surface area contributed by atoms with Crippen LogP contribution >= 0.6 is 0 Å². The van der Waals surface area contributed by atoms with Crippen molar-refractivity contribution in [1.82, 2.24) is 18.9 Å². The maximum absolute atomic E-state index is 9.30. The van der Waals surface area contributed by atoms with Gasteiger partial charge in [-0.25, -0.2) is 9.97 Å². The Balaban J connectivity index is 1.46. The smallest absolute Gasteiger partial charge is 0.221 e. The van der Waals surface area contributed by atoms with Crippen molar-refractivity contribution in [2.75, 3.05) is 0 Å². The van der Waals surface area contributed by atoms with E-state index in [1.165, 1.54) is 16.2 Å². The van der Waals surface area contributed by atoms with Crippen molar-refractivity contribution in [3.63, 3.8) is 0 Å². The highest BCUT2D eigenvalue weighted by atomic mass is 15.2. The van der Waals surface area contributed by atoms with Gasteiger partial charge in [0.15, 0.2) is 0 Å². The Hall–Kier alpha value is -5.99. The predicted octanol–water partition coefficient (Wildman–Crippen LogP) is 8.82. The lowest BCUT2D eigenvalue weighted by Gasteiger charge is -2.12. The topological polar surface area (TPSA) is 58.9 Å². The second kappa shape index (κ2) is 8.50. The standard InChI is InChI=1S/C37H21N5/c38-22-23-13-15-24(16-14-23)26-18-19-32-29(21-26)35-27-8-2-1-7-25(27)17-20-34(35)41(32)37-40-30-10-4-3-9-28(30)36-39-31-11-5-6-12-33(31)42(36)37/h1-21H. The highest BCUT2D eigenvalue weighted by Gasteiger charge is 2.21. The molecule has 3 aromatic heterocycles. The number of hydrogen-bond donors (Lipinski definition) is 0. The lowest BCUT2D eigenvalue weighted by atomic mass is 9.99. The van der Waals surface area contributed by atoms with Crippen molar-refractivity contribution >= 4 is 60.2 Å². The molecule has 0 spiro atoms. The van der Waals surface area contributed by atoms with E-state index in [1.807, 2.05) is 42.5 Å². The van der Waals surface area contributed by atoms with E-state index in [9.17, 15) is 5.26 Å². The summed E-state index contributed by atoms with van der Waals surface area (Å²) in [6.45, 7) is 0. The zero-order valence-corrected chi connectivity index (χ0v) is 22.4. The number of imidazole rings is 1. The minimum absolute atomic E-state index is 0.654. The maximum atomic E-state index is 9.30. The van der Waals surface area contributed by atoms with E-state index >= 15 is 0 Å². The predicted molar refractivity (Wildman–Crippen MR) is 170 cm³/mol. The van der Waals surface area contributed by atoms with Gasteiger partial charge < -0.3 is 0 Å². The molecule has 42 heavy (non-hydrogen) atoms. The Morgan fingerprint density at radius 2 is 1.26 bits per heavy atom. The molecule has 9 rings (SSSR count). The molecule has 0 radical (unpaired) electrons. The number of benzene rings is 6. The minimum atomic E-state index is 0.654. The zero-order chi connectivity index (χ0) is 27.8. The van der Waals surface area contributed by atoms with E-state index in [0.29, 0.717) is 5.56 Å². The summed E-state index contributed by atoms with van der Waals surface area (Å²) in [7, 11) is 0. The number of fused-ring (bicyclic) bond motifs is 10. The fourth-order valence-corrected chi connectivity index (χ4v) is 6.40. The molecule has 0 aliphatic heterocycles. The molecule has 0 bridgehead atoms. The van der Waals surface area contributed by atoms with Crippen molar-refractivity contribution in [2.45, 2.75) is 0 Å². The van der Waals surface area contributed by atoms with Gasteiger partial charge in [-0.05, 0) is 76.5 Å². The van der Waals surface area contributed by atoms with Crippen LogP contribution in [0.3, 0.4) is 0 Å². The highest BCUT2D eigenvalue weighted by Crippen LogP contribution is 2.39. The Labute approximate surface area is 240 Å². The van der Waals surface area contributed by atoms with Crippen LogP contribution in [0, 0.1) is 11.3 Å². The Morgan fingerprint density at radius 3 is 2.12 bits per heavy atom. The summed E-state index contributed by atoms with van der Waals surface area (Å²) in [5.41, 5.74) is 8.73. The summed E-state index contributed by atoms with van der Waals surface area (Å²) in [4.78, 5) is 10.4. The quantitative estimate of drug-likeness (QED) is 0.222. The summed E-state index contributed by atoms with van der Waals surface area (Å²) >= 11 is 0. The van der Waals surface area contributed by atoms with Crippen LogP contribution in [0.25, 0.3) is 77.2 Å². The van der Waals surface area contributed by atoms with Gasteiger partial charge in [0.05, 0.1) is 39.2 Å². The number of rotatable bonds is 2. The first-order valence-electron chi connectivity index (χ1n) is 13.9. The molecule has 6 aromatic carbocycles. The third kappa shape index (κ3) is 3.12. The lowest BCUT2D eigenvalue weighted by molar-refractivity contribution is 0.980. The van der Waals surface area contributed by atoms with Crippen molar-refractivity contribution in [1.29, 1.82) is 5.26 Å². The molecule has 5 nitrogen and oxygen atoms in total. The van der Waals surface area contributed by atoms with Gasteiger partial charge in [-0.1, -0.05) is 72.8 Å². The number of nitriles is 1. The van der Waals surface area contributed by atoms with E-state index < -0.39 is 0 Å². The third-order valence-corrected chi connectivity index (χ3v) is 8.33. The summed E-state index contributed by atoms with van der Waals surface area (Å²) in [5, 5.41) is 15.0. The van der Waals surface area contributed by atoms with E-state index in [1.54, 1.807) is 0 Å². The average Bonchev–Trinajstić information content (AvgIpc) is 3.61. The molecule has 0 N–H and O–H groups in total.